The highest BCUT2D eigenvalue weighted by Gasteiger charge is 2.15. The summed E-state index contributed by atoms with van der Waals surface area (Å²) in [4.78, 5) is 30.8. The predicted molar refractivity (Wildman–Crippen MR) is 117 cm³/mol. The van der Waals surface area contributed by atoms with Gasteiger partial charge in [-0.2, -0.15) is 0 Å². The van der Waals surface area contributed by atoms with Gasteiger partial charge in [0.05, 0.1) is 28.4 Å². The molecular weight excluding hydrogens is 468 g/mol. The van der Waals surface area contributed by atoms with E-state index in [1.54, 1.807) is 24.5 Å². The molecule has 0 N–H and O–H groups in total. The second-order valence-corrected chi connectivity index (χ2v) is 6.76. The van der Waals surface area contributed by atoms with E-state index in [1.807, 2.05) is 30.3 Å². The normalized spacial score (nSPS) is 9.71. The molecule has 0 aliphatic heterocycles. The number of carbonyl (C=O) groups is 2. The number of aromatic nitrogens is 2. The lowest BCUT2D eigenvalue weighted by atomic mass is 10.1. The van der Waals surface area contributed by atoms with Gasteiger partial charge in [-0.05, 0) is 33.6 Å². The topological polar surface area (TPSA) is 96.8 Å². The Kier molecular flexibility index (Phi) is 8.95. The van der Waals surface area contributed by atoms with Crippen molar-refractivity contribution < 1.29 is 28.5 Å². The van der Waals surface area contributed by atoms with E-state index < -0.39 is 11.9 Å². The summed E-state index contributed by atoms with van der Waals surface area (Å²) in [6.45, 7) is 0. The molecule has 0 atom stereocenters. The van der Waals surface area contributed by atoms with Crippen LogP contribution in [0.15, 0.2) is 59.3 Å². The van der Waals surface area contributed by atoms with Gasteiger partial charge in [0, 0.05) is 22.4 Å². The molecule has 0 radical (unpaired) electrons. The Labute approximate surface area is 188 Å². The van der Waals surface area contributed by atoms with Crippen LogP contribution in [0, 0.1) is 0 Å². The predicted octanol–water partition coefficient (Wildman–Crippen LogP) is 4.18. The van der Waals surface area contributed by atoms with Crippen LogP contribution >= 0.6 is 15.9 Å². The molecule has 8 nitrogen and oxygen atoms in total. The Morgan fingerprint density at radius 2 is 1.26 bits per heavy atom. The first-order valence-corrected chi connectivity index (χ1v) is 9.70. The summed E-state index contributed by atoms with van der Waals surface area (Å²) < 4.78 is 19.9. The molecule has 9 heteroatoms. The molecule has 0 spiro atoms. The second kappa shape index (κ2) is 11.7. The van der Waals surface area contributed by atoms with E-state index >= 15 is 0 Å². The van der Waals surface area contributed by atoms with Crippen molar-refractivity contribution in [2.75, 3.05) is 28.4 Å². The average molecular weight is 489 g/mol. The number of esters is 2. The molecule has 0 saturated heterocycles. The van der Waals surface area contributed by atoms with Crippen molar-refractivity contribution >= 4 is 27.9 Å². The molecule has 0 unspecified atom stereocenters. The van der Waals surface area contributed by atoms with Gasteiger partial charge in [0.15, 0.2) is 0 Å². The Bertz CT molecular complexity index is 1040. The van der Waals surface area contributed by atoms with E-state index in [0.29, 0.717) is 15.6 Å². The van der Waals surface area contributed by atoms with Gasteiger partial charge in [0.1, 0.15) is 11.1 Å². The van der Waals surface area contributed by atoms with Gasteiger partial charge in [-0.3, -0.25) is 0 Å². The monoisotopic (exact) mass is 488 g/mol. The second-order valence-electron chi connectivity index (χ2n) is 5.84. The zero-order valence-corrected chi connectivity index (χ0v) is 19.0. The lowest BCUT2D eigenvalue weighted by Crippen LogP contribution is -2.05. The number of pyridine rings is 2. The number of hydrogen-bond donors (Lipinski definition) is 0. The molecule has 0 saturated carbocycles. The number of hydrogen-bond acceptors (Lipinski definition) is 8. The van der Waals surface area contributed by atoms with Crippen molar-refractivity contribution in [3.05, 3.63) is 70.5 Å². The maximum absolute atomic E-state index is 11.6. The number of nitrogens with zero attached hydrogens (tertiary/aromatic N) is 2. The first kappa shape index (κ1) is 23.8. The molecule has 0 aliphatic rings. The zero-order chi connectivity index (χ0) is 22.8. The number of carbonyl (C=O) groups excluding carboxylic acids is 2. The summed E-state index contributed by atoms with van der Waals surface area (Å²) in [7, 11) is 5.55. The third-order valence-corrected chi connectivity index (χ3v) is 4.41. The molecule has 3 rings (SSSR count). The SMILES string of the molecule is COC(=O)c1cc(-c2ccccc2)cnc1OC.COC(=O)c1cc(Br)cnc1OC. The van der Waals surface area contributed by atoms with Crippen LogP contribution in [0.25, 0.3) is 11.1 Å². The molecular formula is C22H21BrN2O6. The summed E-state index contributed by atoms with van der Waals surface area (Å²) in [6.07, 6.45) is 3.21. The van der Waals surface area contributed by atoms with Crippen LogP contribution in [0.5, 0.6) is 11.8 Å². The number of ether oxygens (including phenoxy) is 4. The quantitative estimate of drug-likeness (QED) is 0.493. The highest BCUT2D eigenvalue weighted by molar-refractivity contribution is 9.10. The third-order valence-electron chi connectivity index (χ3n) is 3.97. The zero-order valence-electron chi connectivity index (χ0n) is 17.4. The molecule has 0 aliphatic carbocycles. The van der Waals surface area contributed by atoms with E-state index in [4.69, 9.17) is 14.2 Å². The number of halogens is 1. The Morgan fingerprint density at radius 3 is 1.77 bits per heavy atom. The molecule has 162 valence electrons. The Balaban J connectivity index is 0.000000233. The van der Waals surface area contributed by atoms with Crippen molar-refractivity contribution in [2.24, 2.45) is 0 Å². The summed E-state index contributed by atoms with van der Waals surface area (Å²) in [6, 6.07) is 13.0. The van der Waals surface area contributed by atoms with Gasteiger partial charge >= 0.3 is 11.9 Å². The molecule has 2 aromatic heterocycles. The fourth-order valence-electron chi connectivity index (χ4n) is 2.51. The van der Waals surface area contributed by atoms with E-state index in [1.165, 1.54) is 28.4 Å². The lowest BCUT2D eigenvalue weighted by molar-refractivity contribution is 0.0587. The highest BCUT2D eigenvalue weighted by atomic mass is 79.9. The molecule has 3 aromatic rings. The largest absolute Gasteiger partial charge is 0.480 e. The molecule has 2 heterocycles. The number of methoxy groups -OCH3 is 4. The average Bonchev–Trinajstić information content (AvgIpc) is 2.83. The van der Waals surface area contributed by atoms with Crippen LogP contribution in [0.1, 0.15) is 20.7 Å². The minimum absolute atomic E-state index is 0.259. The van der Waals surface area contributed by atoms with Crippen molar-refractivity contribution in [2.45, 2.75) is 0 Å². The Morgan fingerprint density at radius 1 is 0.742 bits per heavy atom. The van der Waals surface area contributed by atoms with Crippen molar-refractivity contribution in [3.8, 4) is 22.9 Å². The fourth-order valence-corrected chi connectivity index (χ4v) is 2.84. The molecule has 31 heavy (non-hydrogen) atoms. The first-order valence-electron chi connectivity index (χ1n) is 8.90. The summed E-state index contributed by atoms with van der Waals surface area (Å²) in [5.74, 6) is -0.403. The van der Waals surface area contributed by atoms with Gasteiger partial charge in [-0.25, -0.2) is 19.6 Å². The maximum Gasteiger partial charge on any atom is 0.343 e. The van der Waals surface area contributed by atoms with Gasteiger partial charge in [-0.1, -0.05) is 30.3 Å². The van der Waals surface area contributed by atoms with E-state index in [-0.39, 0.29) is 11.8 Å². The third kappa shape index (κ3) is 6.26. The van der Waals surface area contributed by atoms with E-state index in [2.05, 4.69) is 30.6 Å². The smallest absolute Gasteiger partial charge is 0.343 e. The summed E-state index contributed by atoms with van der Waals surface area (Å²) in [5.41, 5.74) is 2.45. The maximum atomic E-state index is 11.6. The summed E-state index contributed by atoms with van der Waals surface area (Å²) >= 11 is 3.20. The minimum Gasteiger partial charge on any atom is -0.480 e. The van der Waals surface area contributed by atoms with Crippen LogP contribution in [0.3, 0.4) is 0 Å². The molecule has 0 amide bonds. The lowest BCUT2D eigenvalue weighted by Gasteiger charge is -2.08. The van der Waals surface area contributed by atoms with Crippen molar-refractivity contribution in [1.82, 2.24) is 9.97 Å². The molecule has 0 bridgehead atoms. The number of benzene rings is 1. The van der Waals surface area contributed by atoms with Crippen LogP contribution in [-0.2, 0) is 9.47 Å². The molecule has 1 aromatic carbocycles. The van der Waals surface area contributed by atoms with Gasteiger partial charge in [0.2, 0.25) is 11.8 Å². The van der Waals surface area contributed by atoms with Crippen LogP contribution in [0.4, 0.5) is 0 Å². The Hall–Kier alpha value is -3.46. The number of rotatable bonds is 5. The fraction of sp³-hybridized carbons (Fsp3) is 0.182. The van der Waals surface area contributed by atoms with Gasteiger partial charge < -0.3 is 18.9 Å². The molecule has 0 fully saturated rings. The highest BCUT2D eigenvalue weighted by Crippen LogP contribution is 2.24. The van der Waals surface area contributed by atoms with Crippen molar-refractivity contribution in [3.63, 3.8) is 0 Å². The van der Waals surface area contributed by atoms with Gasteiger partial charge in [0.25, 0.3) is 0 Å². The summed E-state index contributed by atoms with van der Waals surface area (Å²) in [5, 5.41) is 0. The van der Waals surface area contributed by atoms with Crippen LogP contribution in [-0.4, -0.2) is 50.3 Å². The van der Waals surface area contributed by atoms with Crippen LogP contribution < -0.4 is 9.47 Å². The van der Waals surface area contributed by atoms with E-state index in [0.717, 1.165) is 11.1 Å². The van der Waals surface area contributed by atoms with Crippen LogP contribution in [0.2, 0.25) is 0 Å². The minimum atomic E-state index is -0.467. The standard InChI is InChI=1S/C14H13NO3.C8H8BrNO3/c1-17-13-12(14(16)18-2)8-11(9-15-13)10-6-4-3-5-7-10;1-12-7-6(8(11)13-2)3-5(9)4-10-7/h3-9H,1-2H3;3-4H,1-2H3. The van der Waals surface area contributed by atoms with Crippen molar-refractivity contribution in [1.29, 1.82) is 0 Å². The first-order chi connectivity index (χ1) is 14.9. The van der Waals surface area contributed by atoms with E-state index in [9.17, 15) is 9.59 Å². The van der Waals surface area contributed by atoms with Gasteiger partial charge in [-0.15, -0.1) is 0 Å².